The summed E-state index contributed by atoms with van der Waals surface area (Å²) in [5.74, 6) is 0.0665. The van der Waals surface area contributed by atoms with Gasteiger partial charge in [-0.1, -0.05) is 54.6 Å². The third-order valence-electron chi connectivity index (χ3n) is 6.02. The number of aromatic nitrogens is 1. The van der Waals surface area contributed by atoms with Gasteiger partial charge in [0.2, 0.25) is 0 Å². The maximum atomic E-state index is 13.7. The van der Waals surface area contributed by atoms with Crippen LogP contribution in [-0.4, -0.2) is 36.4 Å². The second-order valence-corrected chi connectivity index (χ2v) is 8.07. The summed E-state index contributed by atoms with van der Waals surface area (Å²) < 4.78 is 0. The van der Waals surface area contributed by atoms with Crippen LogP contribution in [0.1, 0.15) is 33.2 Å². The molecular formula is C26H25N3O. The third-order valence-corrected chi connectivity index (χ3v) is 6.02. The molecule has 0 spiro atoms. The highest BCUT2D eigenvalue weighted by atomic mass is 16.2. The molecule has 30 heavy (non-hydrogen) atoms. The molecule has 1 atom stereocenters. The van der Waals surface area contributed by atoms with Crippen LogP contribution in [0.2, 0.25) is 0 Å². The molecule has 3 aromatic carbocycles. The lowest BCUT2D eigenvalue weighted by molar-refractivity contribution is 0.0692. The zero-order chi connectivity index (χ0) is 20.7. The van der Waals surface area contributed by atoms with Crippen molar-refractivity contribution in [2.24, 2.45) is 0 Å². The minimum Gasteiger partial charge on any atom is -0.378 e. The minimum atomic E-state index is -0.127. The standard InChI is InChI=1S/C26H25N3O/c1-28(2)20-12-8-11-19(17-20)26(30)29-16-15-22-21-13-6-7-14-23(21)27-24(22)25(29)18-9-4-3-5-10-18/h3-14,17,25,27H,15-16H2,1-2H3/t25-/m0/s1. The number of carbonyl (C=O) groups excluding carboxylic acids is 1. The van der Waals surface area contributed by atoms with Crippen LogP contribution < -0.4 is 4.90 Å². The number of rotatable bonds is 3. The fourth-order valence-corrected chi connectivity index (χ4v) is 4.52. The Kier molecular flexibility index (Phi) is 4.55. The number of carbonyl (C=O) groups is 1. The van der Waals surface area contributed by atoms with Crippen molar-refractivity contribution in [1.29, 1.82) is 0 Å². The molecule has 1 N–H and O–H groups in total. The molecule has 0 saturated heterocycles. The van der Waals surface area contributed by atoms with E-state index in [9.17, 15) is 4.79 Å². The molecule has 0 radical (unpaired) electrons. The Hall–Kier alpha value is -3.53. The maximum Gasteiger partial charge on any atom is 0.254 e. The molecule has 0 aliphatic carbocycles. The van der Waals surface area contributed by atoms with E-state index in [-0.39, 0.29) is 11.9 Å². The van der Waals surface area contributed by atoms with Crippen LogP contribution >= 0.6 is 0 Å². The summed E-state index contributed by atoms with van der Waals surface area (Å²) >= 11 is 0. The molecule has 4 heteroatoms. The normalized spacial score (nSPS) is 15.8. The highest BCUT2D eigenvalue weighted by Crippen LogP contribution is 2.39. The SMILES string of the molecule is CN(C)c1cccc(C(=O)N2CCc3c([nH]c4ccccc34)[C@@H]2c2ccccc2)c1. The number of nitrogens with zero attached hydrogens (tertiary/aromatic N) is 2. The first kappa shape index (κ1) is 18.5. The zero-order valence-corrected chi connectivity index (χ0v) is 17.3. The van der Waals surface area contributed by atoms with Gasteiger partial charge < -0.3 is 14.8 Å². The summed E-state index contributed by atoms with van der Waals surface area (Å²) in [7, 11) is 3.99. The first-order chi connectivity index (χ1) is 14.6. The maximum absolute atomic E-state index is 13.7. The smallest absolute Gasteiger partial charge is 0.254 e. The Morgan fingerprint density at radius 3 is 2.53 bits per heavy atom. The van der Waals surface area contributed by atoms with Gasteiger partial charge in [0.25, 0.3) is 5.91 Å². The summed E-state index contributed by atoms with van der Waals surface area (Å²) in [6.07, 6.45) is 0.849. The number of para-hydroxylation sites is 1. The van der Waals surface area contributed by atoms with Gasteiger partial charge in [0, 0.05) is 48.5 Å². The highest BCUT2D eigenvalue weighted by Gasteiger charge is 2.34. The van der Waals surface area contributed by atoms with Gasteiger partial charge in [-0.05, 0) is 41.8 Å². The van der Waals surface area contributed by atoms with Gasteiger partial charge in [-0.15, -0.1) is 0 Å². The molecule has 1 amide bonds. The van der Waals surface area contributed by atoms with Crippen molar-refractivity contribution >= 4 is 22.5 Å². The lowest BCUT2D eigenvalue weighted by atomic mass is 9.91. The van der Waals surface area contributed by atoms with E-state index in [1.807, 2.05) is 66.4 Å². The Balaban J connectivity index is 1.63. The van der Waals surface area contributed by atoms with E-state index >= 15 is 0 Å². The molecule has 0 bridgehead atoms. The largest absolute Gasteiger partial charge is 0.378 e. The van der Waals surface area contributed by atoms with E-state index in [0.29, 0.717) is 6.54 Å². The summed E-state index contributed by atoms with van der Waals surface area (Å²) in [6, 6.07) is 26.5. The Labute approximate surface area is 176 Å². The van der Waals surface area contributed by atoms with Crippen molar-refractivity contribution in [2.45, 2.75) is 12.5 Å². The molecular weight excluding hydrogens is 370 g/mol. The molecule has 0 fully saturated rings. The van der Waals surface area contributed by atoms with E-state index in [4.69, 9.17) is 0 Å². The molecule has 5 rings (SSSR count). The Bertz CT molecular complexity index is 1210. The fourth-order valence-electron chi connectivity index (χ4n) is 4.52. The molecule has 1 aromatic heterocycles. The van der Waals surface area contributed by atoms with Crippen molar-refractivity contribution in [3.05, 3.63) is 101 Å². The predicted octanol–water partition coefficient (Wildman–Crippen LogP) is 5.02. The van der Waals surface area contributed by atoms with Gasteiger partial charge in [0.15, 0.2) is 0 Å². The van der Waals surface area contributed by atoms with Crippen LogP contribution in [0, 0.1) is 0 Å². The van der Waals surface area contributed by atoms with Crippen LogP contribution in [-0.2, 0) is 6.42 Å². The second kappa shape index (κ2) is 7.38. The molecule has 150 valence electrons. The third kappa shape index (κ3) is 3.05. The number of amides is 1. The summed E-state index contributed by atoms with van der Waals surface area (Å²) in [5, 5.41) is 1.26. The number of anilines is 1. The average Bonchev–Trinajstić information content (AvgIpc) is 3.17. The van der Waals surface area contributed by atoms with Gasteiger partial charge in [-0.3, -0.25) is 4.79 Å². The molecule has 2 heterocycles. The molecule has 4 aromatic rings. The van der Waals surface area contributed by atoms with Crippen molar-refractivity contribution in [1.82, 2.24) is 9.88 Å². The number of hydrogen-bond acceptors (Lipinski definition) is 2. The highest BCUT2D eigenvalue weighted by molar-refractivity contribution is 5.96. The van der Waals surface area contributed by atoms with Gasteiger partial charge in [0.05, 0.1) is 6.04 Å². The van der Waals surface area contributed by atoms with Gasteiger partial charge in [-0.2, -0.15) is 0 Å². The quantitative estimate of drug-likeness (QED) is 0.529. The summed E-state index contributed by atoms with van der Waals surface area (Å²) in [6.45, 7) is 0.694. The number of H-pyrrole nitrogens is 1. The topological polar surface area (TPSA) is 39.3 Å². The first-order valence-electron chi connectivity index (χ1n) is 10.4. The van der Waals surface area contributed by atoms with E-state index in [1.54, 1.807) is 0 Å². The molecule has 0 saturated carbocycles. The minimum absolute atomic E-state index is 0.0665. The number of nitrogens with one attached hydrogen (secondary N) is 1. The molecule has 4 nitrogen and oxygen atoms in total. The van der Waals surface area contributed by atoms with Crippen LogP contribution in [0.15, 0.2) is 78.9 Å². The van der Waals surface area contributed by atoms with Gasteiger partial charge >= 0.3 is 0 Å². The number of aromatic amines is 1. The predicted molar refractivity (Wildman–Crippen MR) is 122 cm³/mol. The van der Waals surface area contributed by atoms with E-state index in [2.05, 4.69) is 41.4 Å². The van der Waals surface area contributed by atoms with Crippen molar-refractivity contribution < 1.29 is 4.79 Å². The van der Waals surface area contributed by atoms with Crippen molar-refractivity contribution in [2.75, 3.05) is 25.5 Å². The molecule has 1 aliphatic rings. The lowest BCUT2D eigenvalue weighted by Crippen LogP contribution is -2.40. The molecule has 0 unspecified atom stereocenters. The number of fused-ring (bicyclic) bond motifs is 3. The van der Waals surface area contributed by atoms with Crippen LogP contribution in [0.4, 0.5) is 5.69 Å². The lowest BCUT2D eigenvalue weighted by Gasteiger charge is -2.36. The first-order valence-corrected chi connectivity index (χ1v) is 10.4. The van der Waals surface area contributed by atoms with Crippen LogP contribution in [0.3, 0.4) is 0 Å². The second-order valence-electron chi connectivity index (χ2n) is 8.07. The zero-order valence-electron chi connectivity index (χ0n) is 17.3. The van der Waals surface area contributed by atoms with Crippen LogP contribution in [0.25, 0.3) is 10.9 Å². The van der Waals surface area contributed by atoms with Gasteiger partial charge in [-0.25, -0.2) is 0 Å². The van der Waals surface area contributed by atoms with E-state index < -0.39 is 0 Å². The Morgan fingerprint density at radius 1 is 0.967 bits per heavy atom. The fraction of sp³-hybridized carbons (Fsp3) is 0.192. The monoisotopic (exact) mass is 395 g/mol. The van der Waals surface area contributed by atoms with E-state index in [0.717, 1.165) is 34.4 Å². The average molecular weight is 396 g/mol. The van der Waals surface area contributed by atoms with Crippen molar-refractivity contribution in [3.63, 3.8) is 0 Å². The number of benzene rings is 3. The number of hydrogen-bond donors (Lipinski definition) is 1. The summed E-state index contributed by atoms with van der Waals surface area (Å²) in [5.41, 5.74) is 6.47. The Morgan fingerprint density at radius 2 is 1.73 bits per heavy atom. The van der Waals surface area contributed by atoms with Crippen molar-refractivity contribution in [3.8, 4) is 0 Å². The van der Waals surface area contributed by atoms with Gasteiger partial charge in [0.1, 0.15) is 0 Å². The van der Waals surface area contributed by atoms with Crippen LogP contribution in [0.5, 0.6) is 0 Å². The summed E-state index contributed by atoms with van der Waals surface area (Å²) in [4.78, 5) is 21.3. The van der Waals surface area contributed by atoms with E-state index in [1.165, 1.54) is 10.9 Å². The molecule has 1 aliphatic heterocycles.